The van der Waals surface area contributed by atoms with Crippen LogP contribution >= 0.6 is 11.6 Å². The number of nitrogens with zero attached hydrogens (tertiary/aromatic N) is 1. The Bertz CT molecular complexity index is 1240. The van der Waals surface area contributed by atoms with E-state index in [1.807, 2.05) is 6.92 Å². The molecule has 3 aromatic rings. The smallest absolute Gasteiger partial charge is 0.322 e. The molecule has 0 aliphatic rings. The minimum atomic E-state index is -4.73. The molecule has 0 radical (unpaired) electrons. The van der Waals surface area contributed by atoms with Crippen molar-refractivity contribution in [3.8, 4) is 0 Å². The molecule has 3 N–H and O–H groups in total. The molecule has 0 aliphatic carbocycles. The third kappa shape index (κ3) is 5.00. The van der Waals surface area contributed by atoms with Crippen molar-refractivity contribution in [2.75, 3.05) is 10.0 Å². The fraction of sp³-hybridized carbons (Fsp3) is 0.158. The summed E-state index contributed by atoms with van der Waals surface area (Å²) < 4.78 is 67.0. The Morgan fingerprint density at radius 2 is 1.68 bits per heavy atom. The van der Waals surface area contributed by atoms with Crippen molar-refractivity contribution >= 4 is 38.9 Å². The third-order valence-electron chi connectivity index (χ3n) is 4.23. The van der Waals surface area contributed by atoms with Gasteiger partial charge in [0.2, 0.25) is 5.03 Å². The predicted molar refractivity (Wildman–Crippen MR) is 110 cm³/mol. The number of carbonyl (C=O) groups is 1. The van der Waals surface area contributed by atoms with E-state index in [1.54, 1.807) is 24.3 Å². The standard InChI is InChI=1S/C19H16ClF3N4O3S/c1-10-3-5-12(6-4-10)27-31(29,30)18-16(11(2)25-26-18)17(28)24-13-7-8-15(20)14(9-13)19(21,22)23/h3-9,27H,1-2H3,(H,24,28)(H,25,26). The molecule has 1 amide bonds. The van der Waals surface area contributed by atoms with Crippen LogP contribution in [0.1, 0.15) is 27.2 Å². The molecule has 7 nitrogen and oxygen atoms in total. The maximum Gasteiger partial charge on any atom is 0.417 e. The van der Waals surface area contributed by atoms with Crippen LogP contribution in [-0.4, -0.2) is 24.5 Å². The highest BCUT2D eigenvalue weighted by atomic mass is 35.5. The molecule has 1 heterocycles. The summed E-state index contributed by atoms with van der Waals surface area (Å²) >= 11 is 5.58. The van der Waals surface area contributed by atoms with E-state index in [-0.39, 0.29) is 22.6 Å². The van der Waals surface area contributed by atoms with Gasteiger partial charge in [-0.05, 0) is 44.2 Å². The summed E-state index contributed by atoms with van der Waals surface area (Å²) in [5.74, 6) is -0.953. The number of hydrogen-bond acceptors (Lipinski definition) is 4. The van der Waals surface area contributed by atoms with Gasteiger partial charge < -0.3 is 5.32 Å². The van der Waals surface area contributed by atoms with E-state index in [0.29, 0.717) is 6.07 Å². The highest BCUT2D eigenvalue weighted by molar-refractivity contribution is 7.92. The number of halogens is 4. The second-order valence-electron chi connectivity index (χ2n) is 6.65. The van der Waals surface area contributed by atoms with E-state index in [9.17, 15) is 26.4 Å². The molecule has 1 aromatic heterocycles. The number of benzene rings is 2. The van der Waals surface area contributed by atoms with E-state index >= 15 is 0 Å². The van der Waals surface area contributed by atoms with Crippen LogP contribution in [0.4, 0.5) is 24.5 Å². The van der Waals surface area contributed by atoms with Crippen LogP contribution in [0.15, 0.2) is 47.5 Å². The van der Waals surface area contributed by atoms with Gasteiger partial charge in [-0.1, -0.05) is 29.3 Å². The molecule has 0 aliphatic heterocycles. The quantitative estimate of drug-likeness (QED) is 0.498. The Morgan fingerprint density at radius 3 is 2.29 bits per heavy atom. The second kappa shape index (κ2) is 8.23. The topological polar surface area (TPSA) is 104 Å². The van der Waals surface area contributed by atoms with Crippen molar-refractivity contribution in [1.29, 1.82) is 0 Å². The number of rotatable bonds is 5. The molecule has 3 rings (SSSR count). The number of aromatic amines is 1. The average Bonchev–Trinajstić information content (AvgIpc) is 3.07. The van der Waals surface area contributed by atoms with Crippen LogP contribution in [0.3, 0.4) is 0 Å². The number of alkyl halides is 3. The number of hydrogen-bond donors (Lipinski definition) is 3. The SMILES string of the molecule is Cc1ccc(NS(=O)(=O)c2n[nH]c(C)c2C(=O)Nc2ccc(Cl)c(C(F)(F)F)c2)cc1. The Balaban J connectivity index is 1.92. The van der Waals surface area contributed by atoms with Gasteiger partial charge >= 0.3 is 6.18 Å². The van der Waals surface area contributed by atoms with Crippen LogP contribution in [0.5, 0.6) is 0 Å². The average molecular weight is 473 g/mol. The molecule has 0 fully saturated rings. The Kier molecular flexibility index (Phi) is 6.01. The highest BCUT2D eigenvalue weighted by Crippen LogP contribution is 2.36. The van der Waals surface area contributed by atoms with Gasteiger partial charge in [0.05, 0.1) is 10.6 Å². The van der Waals surface area contributed by atoms with Gasteiger partial charge in [-0.15, -0.1) is 0 Å². The van der Waals surface area contributed by atoms with Gasteiger partial charge in [0, 0.05) is 17.1 Å². The highest BCUT2D eigenvalue weighted by Gasteiger charge is 2.34. The zero-order valence-corrected chi connectivity index (χ0v) is 17.7. The van der Waals surface area contributed by atoms with Gasteiger partial charge in [-0.25, -0.2) is 0 Å². The van der Waals surface area contributed by atoms with E-state index in [1.165, 1.54) is 13.0 Å². The summed E-state index contributed by atoms with van der Waals surface area (Å²) in [6, 6.07) is 9.29. The summed E-state index contributed by atoms with van der Waals surface area (Å²) in [5.41, 5.74) is -0.387. The lowest BCUT2D eigenvalue weighted by atomic mass is 10.1. The van der Waals surface area contributed by atoms with Crippen molar-refractivity contribution in [3.63, 3.8) is 0 Å². The van der Waals surface area contributed by atoms with Crippen LogP contribution in [0, 0.1) is 13.8 Å². The zero-order valence-electron chi connectivity index (χ0n) is 16.1. The fourth-order valence-electron chi connectivity index (χ4n) is 2.71. The normalized spacial score (nSPS) is 11.9. The number of amides is 1. The molecule has 0 atom stereocenters. The molecular weight excluding hydrogens is 457 g/mol. The first-order valence-corrected chi connectivity index (χ1v) is 10.6. The van der Waals surface area contributed by atoms with Crippen molar-refractivity contribution in [2.45, 2.75) is 25.0 Å². The molecule has 31 heavy (non-hydrogen) atoms. The largest absolute Gasteiger partial charge is 0.417 e. The van der Waals surface area contributed by atoms with E-state index in [2.05, 4.69) is 20.2 Å². The summed E-state index contributed by atoms with van der Waals surface area (Å²) in [6.45, 7) is 3.24. The summed E-state index contributed by atoms with van der Waals surface area (Å²) in [4.78, 5) is 12.7. The number of H-pyrrole nitrogens is 1. The van der Waals surface area contributed by atoms with Crippen LogP contribution in [0.2, 0.25) is 5.02 Å². The molecular formula is C19H16ClF3N4O3S. The number of aryl methyl sites for hydroxylation is 2. The third-order valence-corrected chi connectivity index (χ3v) is 5.87. The van der Waals surface area contributed by atoms with Crippen LogP contribution < -0.4 is 10.0 Å². The first kappa shape index (κ1) is 22.6. The zero-order chi connectivity index (χ0) is 23.0. The van der Waals surface area contributed by atoms with Crippen molar-refractivity contribution in [3.05, 3.63) is 69.9 Å². The first-order chi connectivity index (χ1) is 14.4. The number of sulfonamides is 1. The van der Waals surface area contributed by atoms with Gasteiger partial charge in [0.25, 0.3) is 15.9 Å². The minimum Gasteiger partial charge on any atom is -0.322 e. The molecule has 0 saturated heterocycles. The van der Waals surface area contributed by atoms with Crippen molar-refractivity contribution in [2.24, 2.45) is 0 Å². The fourth-order valence-corrected chi connectivity index (χ4v) is 4.16. The summed E-state index contributed by atoms with van der Waals surface area (Å²) in [5, 5.41) is 7.25. The lowest BCUT2D eigenvalue weighted by molar-refractivity contribution is -0.137. The molecule has 0 spiro atoms. The van der Waals surface area contributed by atoms with Gasteiger partial charge in [-0.3, -0.25) is 14.6 Å². The van der Waals surface area contributed by atoms with Crippen LogP contribution in [-0.2, 0) is 16.2 Å². The molecule has 0 saturated carbocycles. The maximum absolute atomic E-state index is 13.1. The Morgan fingerprint density at radius 1 is 1.06 bits per heavy atom. The monoisotopic (exact) mass is 472 g/mol. The molecule has 0 bridgehead atoms. The van der Waals surface area contributed by atoms with Crippen molar-refractivity contribution < 1.29 is 26.4 Å². The van der Waals surface area contributed by atoms with Gasteiger partial charge in [0.1, 0.15) is 5.56 Å². The first-order valence-electron chi connectivity index (χ1n) is 8.71. The number of anilines is 2. The lowest BCUT2D eigenvalue weighted by Crippen LogP contribution is -2.20. The second-order valence-corrected chi connectivity index (χ2v) is 8.65. The van der Waals surface area contributed by atoms with E-state index in [4.69, 9.17) is 11.6 Å². The van der Waals surface area contributed by atoms with E-state index in [0.717, 1.165) is 11.6 Å². The lowest BCUT2D eigenvalue weighted by Gasteiger charge is -2.12. The van der Waals surface area contributed by atoms with Crippen LogP contribution in [0.25, 0.3) is 0 Å². The number of aromatic nitrogens is 2. The van der Waals surface area contributed by atoms with Crippen molar-refractivity contribution in [1.82, 2.24) is 10.2 Å². The van der Waals surface area contributed by atoms with Gasteiger partial charge in [-0.2, -0.15) is 26.7 Å². The number of nitrogens with one attached hydrogen (secondary N) is 3. The predicted octanol–water partition coefficient (Wildman–Crippen LogP) is 4.75. The molecule has 164 valence electrons. The molecule has 12 heteroatoms. The Labute approximate surface area is 180 Å². The summed E-state index contributed by atoms with van der Waals surface area (Å²) in [6.07, 6.45) is -4.73. The summed E-state index contributed by atoms with van der Waals surface area (Å²) in [7, 11) is -4.27. The number of carbonyl (C=O) groups excluding carboxylic acids is 1. The minimum absolute atomic E-state index is 0.117. The maximum atomic E-state index is 13.1. The molecule has 0 unspecified atom stereocenters. The van der Waals surface area contributed by atoms with Gasteiger partial charge in [0.15, 0.2) is 0 Å². The molecule has 2 aromatic carbocycles. The van der Waals surface area contributed by atoms with E-state index < -0.39 is 37.7 Å². The Hall–Kier alpha value is -3.05.